The maximum atomic E-state index is 12.4. The Morgan fingerprint density at radius 3 is 2.83 bits per heavy atom. The SMILES string of the molecule is Cc1cc(NC(=O)c2ccc(OCC3CC3)cc2)n(CCC#N)n1. The van der Waals surface area contributed by atoms with Gasteiger partial charge < -0.3 is 10.1 Å². The Hall–Kier alpha value is -2.81. The van der Waals surface area contributed by atoms with E-state index in [1.165, 1.54) is 12.8 Å². The van der Waals surface area contributed by atoms with Crippen molar-refractivity contribution in [2.24, 2.45) is 5.92 Å². The summed E-state index contributed by atoms with van der Waals surface area (Å²) < 4.78 is 7.32. The van der Waals surface area contributed by atoms with Crippen molar-refractivity contribution in [2.75, 3.05) is 11.9 Å². The number of anilines is 1. The van der Waals surface area contributed by atoms with Gasteiger partial charge in [-0.3, -0.25) is 4.79 Å². The molecule has 1 aliphatic carbocycles. The van der Waals surface area contributed by atoms with Gasteiger partial charge in [0.1, 0.15) is 11.6 Å². The highest BCUT2D eigenvalue weighted by Gasteiger charge is 2.21. The van der Waals surface area contributed by atoms with Crippen molar-refractivity contribution in [3.05, 3.63) is 41.6 Å². The summed E-state index contributed by atoms with van der Waals surface area (Å²) in [6, 6.07) is 11.0. The summed E-state index contributed by atoms with van der Waals surface area (Å²) >= 11 is 0. The number of rotatable bonds is 7. The number of carbonyl (C=O) groups is 1. The van der Waals surface area contributed by atoms with Crippen LogP contribution >= 0.6 is 0 Å². The number of ether oxygens (including phenoxy) is 1. The smallest absolute Gasteiger partial charge is 0.256 e. The average Bonchev–Trinajstić information content (AvgIpc) is 3.35. The summed E-state index contributed by atoms with van der Waals surface area (Å²) in [5.74, 6) is 1.88. The second kappa shape index (κ2) is 7.18. The number of amides is 1. The van der Waals surface area contributed by atoms with Gasteiger partial charge in [0, 0.05) is 11.6 Å². The van der Waals surface area contributed by atoms with E-state index in [9.17, 15) is 4.79 Å². The van der Waals surface area contributed by atoms with Crippen molar-refractivity contribution < 1.29 is 9.53 Å². The first-order chi connectivity index (χ1) is 11.7. The van der Waals surface area contributed by atoms with Crippen LogP contribution in [0.15, 0.2) is 30.3 Å². The summed E-state index contributed by atoms with van der Waals surface area (Å²) in [6.07, 6.45) is 2.84. The largest absolute Gasteiger partial charge is 0.493 e. The van der Waals surface area contributed by atoms with Gasteiger partial charge in [-0.15, -0.1) is 0 Å². The Balaban J connectivity index is 1.62. The summed E-state index contributed by atoms with van der Waals surface area (Å²) in [6.45, 7) is 3.06. The fourth-order valence-electron chi connectivity index (χ4n) is 2.36. The van der Waals surface area contributed by atoms with Crippen LogP contribution in [0.5, 0.6) is 5.75 Å². The number of nitrogens with zero attached hydrogens (tertiary/aromatic N) is 3. The number of nitrogens with one attached hydrogen (secondary N) is 1. The van der Waals surface area contributed by atoms with E-state index in [0.29, 0.717) is 30.3 Å². The molecule has 6 nitrogen and oxygen atoms in total. The lowest BCUT2D eigenvalue weighted by molar-refractivity contribution is 0.102. The molecule has 6 heteroatoms. The van der Waals surface area contributed by atoms with Gasteiger partial charge in [-0.25, -0.2) is 4.68 Å². The molecule has 3 rings (SSSR count). The van der Waals surface area contributed by atoms with Gasteiger partial charge >= 0.3 is 0 Å². The van der Waals surface area contributed by atoms with Gasteiger partial charge in [-0.05, 0) is 49.9 Å². The molecule has 0 bridgehead atoms. The number of carbonyl (C=O) groups excluding carboxylic acids is 1. The van der Waals surface area contributed by atoms with Crippen LogP contribution in [0, 0.1) is 24.2 Å². The Bertz CT molecular complexity index is 754. The lowest BCUT2D eigenvalue weighted by atomic mass is 10.2. The third-order valence-electron chi connectivity index (χ3n) is 3.88. The van der Waals surface area contributed by atoms with E-state index >= 15 is 0 Å². The molecule has 1 heterocycles. The zero-order chi connectivity index (χ0) is 16.9. The minimum atomic E-state index is -0.207. The van der Waals surface area contributed by atoms with Gasteiger partial charge in [0.15, 0.2) is 0 Å². The molecule has 1 N–H and O–H groups in total. The maximum absolute atomic E-state index is 12.4. The molecule has 124 valence electrons. The maximum Gasteiger partial charge on any atom is 0.256 e. The van der Waals surface area contributed by atoms with Gasteiger partial charge in [0.05, 0.1) is 31.3 Å². The van der Waals surface area contributed by atoms with Crippen LogP contribution in [-0.2, 0) is 6.54 Å². The Kier molecular flexibility index (Phi) is 4.80. The number of hydrogen-bond donors (Lipinski definition) is 1. The first-order valence-corrected chi connectivity index (χ1v) is 8.11. The van der Waals surface area contributed by atoms with Gasteiger partial charge in [0.2, 0.25) is 0 Å². The van der Waals surface area contributed by atoms with Gasteiger partial charge in [-0.1, -0.05) is 0 Å². The van der Waals surface area contributed by atoms with E-state index in [1.54, 1.807) is 22.9 Å². The lowest BCUT2D eigenvalue weighted by Gasteiger charge is -2.09. The predicted molar refractivity (Wildman–Crippen MR) is 89.8 cm³/mol. The third kappa shape index (κ3) is 4.13. The molecule has 0 atom stereocenters. The summed E-state index contributed by atoms with van der Waals surface area (Å²) in [5, 5.41) is 15.8. The molecule has 0 unspecified atom stereocenters. The lowest BCUT2D eigenvalue weighted by Crippen LogP contribution is -2.15. The highest BCUT2D eigenvalue weighted by molar-refractivity contribution is 6.03. The number of nitriles is 1. The van der Waals surface area contributed by atoms with Crippen LogP contribution in [0.2, 0.25) is 0 Å². The number of aryl methyl sites for hydroxylation is 2. The Labute approximate surface area is 141 Å². The van der Waals surface area contributed by atoms with E-state index in [0.717, 1.165) is 18.1 Å². The molecule has 0 saturated heterocycles. The fourth-order valence-corrected chi connectivity index (χ4v) is 2.36. The van der Waals surface area contributed by atoms with Crippen LogP contribution in [0.25, 0.3) is 0 Å². The van der Waals surface area contributed by atoms with Crippen molar-refractivity contribution >= 4 is 11.7 Å². The monoisotopic (exact) mass is 324 g/mol. The standard InChI is InChI=1S/C18H20N4O2/c1-13-11-17(22(21-13)10-2-9-19)20-18(23)15-5-7-16(8-6-15)24-12-14-3-4-14/h5-8,11,14H,2-4,10,12H2,1H3,(H,20,23). The third-order valence-corrected chi connectivity index (χ3v) is 3.88. The summed E-state index contributed by atoms with van der Waals surface area (Å²) in [5.41, 5.74) is 1.35. The summed E-state index contributed by atoms with van der Waals surface area (Å²) in [4.78, 5) is 12.4. The highest BCUT2D eigenvalue weighted by atomic mass is 16.5. The molecule has 1 aliphatic rings. The fraction of sp³-hybridized carbons (Fsp3) is 0.389. The van der Waals surface area contributed by atoms with Crippen molar-refractivity contribution in [3.63, 3.8) is 0 Å². The molecule has 2 aromatic rings. The molecule has 0 aliphatic heterocycles. The van der Waals surface area contributed by atoms with Gasteiger partial charge in [-0.2, -0.15) is 10.4 Å². The quantitative estimate of drug-likeness (QED) is 0.848. The molecule has 1 amide bonds. The van der Waals surface area contributed by atoms with Gasteiger partial charge in [0.25, 0.3) is 5.91 Å². The molecule has 1 saturated carbocycles. The normalized spacial score (nSPS) is 13.3. The topological polar surface area (TPSA) is 79.9 Å². The van der Waals surface area contributed by atoms with Crippen LogP contribution in [0.3, 0.4) is 0 Å². The number of hydrogen-bond acceptors (Lipinski definition) is 4. The highest BCUT2D eigenvalue weighted by Crippen LogP contribution is 2.29. The van der Waals surface area contributed by atoms with Crippen molar-refractivity contribution in [1.82, 2.24) is 9.78 Å². The second-order valence-electron chi connectivity index (χ2n) is 6.04. The molecule has 1 aromatic heterocycles. The molecular formula is C18H20N4O2. The average molecular weight is 324 g/mol. The van der Waals surface area contributed by atoms with Crippen molar-refractivity contribution in [3.8, 4) is 11.8 Å². The van der Waals surface area contributed by atoms with Crippen LogP contribution in [-0.4, -0.2) is 22.3 Å². The Morgan fingerprint density at radius 2 is 2.17 bits per heavy atom. The van der Waals surface area contributed by atoms with E-state index in [2.05, 4.69) is 16.5 Å². The summed E-state index contributed by atoms with van der Waals surface area (Å²) in [7, 11) is 0. The zero-order valence-electron chi connectivity index (χ0n) is 13.7. The minimum absolute atomic E-state index is 0.207. The minimum Gasteiger partial charge on any atom is -0.493 e. The molecule has 0 spiro atoms. The van der Waals surface area contributed by atoms with E-state index < -0.39 is 0 Å². The number of aromatic nitrogens is 2. The van der Waals surface area contributed by atoms with E-state index in [4.69, 9.17) is 10.00 Å². The van der Waals surface area contributed by atoms with Crippen LogP contribution < -0.4 is 10.1 Å². The van der Waals surface area contributed by atoms with Crippen LogP contribution in [0.1, 0.15) is 35.3 Å². The second-order valence-corrected chi connectivity index (χ2v) is 6.04. The molecular weight excluding hydrogens is 304 g/mol. The molecule has 1 fully saturated rings. The van der Waals surface area contributed by atoms with Crippen molar-refractivity contribution in [1.29, 1.82) is 5.26 Å². The first kappa shape index (κ1) is 16.1. The Morgan fingerprint density at radius 1 is 1.42 bits per heavy atom. The van der Waals surface area contributed by atoms with E-state index in [1.807, 2.05) is 19.1 Å². The zero-order valence-corrected chi connectivity index (χ0v) is 13.7. The predicted octanol–water partition coefficient (Wildman–Crippen LogP) is 3.15. The molecule has 0 radical (unpaired) electrons. The van der Waals surface area contributed by atoms with E-state index in [-0.39, 0.29) is 5.91 Å². The van der Waals surface area contributed by atoms with Crippen LogP contribution in [0.4, 0.5) is 5.82 Å². The number of benzene rings is 1. The van der Waals surface area contributed by atoms with Crippen molar-refractivity contribution in [2.45, 2.75) is 32.7 Å². The molecule has 1 aromatic carbocycles. The molecule has 24 heavy (non-hydrogen) atoms. The first-order valence-electron chi connectivity index (χ1n) is 8.11.